The molecular formula is C20H29NO6. The first-order valence-corrected chi connectivity index (χ1v) is 9.19. The van der Waals surface area contributed by atoms with Gasteiger partial charge in [-0.15, -0.1) is 0 Å². The lowest BCUT2D eigenvalue weighted by Gasteiger charge is -2.20. The second kappa shape index (κ2) is 11.9. The molecule has 7 nitrogen and oxygen atoms in total. The summed E-state index contributed by atoms with van der Waals surface area (Å²) in [5.41, 5.74) is 0.919. The highest BCUT2D eigenvalue weighted by Crippen LogP contribution is 2.17. The summed E-state index contributed by atoms with van der Waals surface area (Å²) in [7, 11) is 0. The molecule has 1 amide bonds. The molecule has 7 heteroatoms. The Morgan fingerprint density at radius 3 is 2.30 bits per heavy atom. The van der Waals surface area contributed by atoms with Gasteiger partial charge in [-0.2, -0.15) is 0 Å². The van der Waals surface area contributed by atoms with E-state index in [1.165, 1.54) is 0 Å². The Morgan fingerprint density at radius 1 is 1.04 bits per heavy atom. The number of hydrogen-bond acceptors (Lipinski definition) is 6. The monoisotopic (exact) mass is 379 g/mol. The van der Waals surface area contributed by atoms with Crippen molar-refractivity contribution in [3.8, 4) is 0 Å². The Labute approximate surface area is 160 Å². The molecule has 27 heavy (non-hydrogen) atoms. The molecule has 0 saturated carbocycles. The largest absolute Gasteiger partial charge is 0.464 e. The maximum atomic E-state index is 12.1. The van der Waals surface area contributed by atoms with Crippen molar-refractivity contribution in [3.05, 3.63) is 35.9 Å². The Bertz CT molecular complexity index is 602. The van der Waals surface area contributed by atoms with Gasteiger partial charge in [-0.3, -0.25) is 4.79 Å². The lowest BCUT2D eigenvalue weighted by molar-refractivity contribution is -0.152. The highest BCUT2D eigenvalue weighted by molar-refractivity contribution is 5.81. The zero-order valence-corrected chi connectivity index (χ0v) is 16.4. The van der Waals surface area contributed by atoms with Gasteiger partial charge in [0.15, 0.2) is 0 Å². The highest BCUT2D eigenvalue weighted by Gasteiger charge is 2.26. The Hall–Kier alpha value is -2.57. The van der Waals surface area contributed by atoms with E-state index in [2.05, 4.69) is 5.32 Å². The van der Waals surface area contributed by atoms with Crippen LogP contribution in [0.25, 0.3) is 0 Å². The molecule has 0 aromatic heterocycles. The first-order valence-electron chi connectivity index (χ1n) is 9.19. The van der Waals surface area contributed by atoms with E-state index in [4.69, 9.17) is 14.2 Å². The normalized spacial score (nSPS) is 12.8. The van der Waals surface area contributed by atoms with E-state index in [0.29, 0.717) is 6.42 Å². The number of alkyl carbamates (subject to hydrolysis) is 1. The van der Waals surface area contributed by atoms with Crippen molar-refractivity contribution in [3.63, 3.8) is 0 Å². The van der Waals surface area contributed by atoms with Gasteiger partial charge in [0.1, 0.15) is 12.1 Å². The maximum absolute atomic E-state index is 12.1. The van der Waals surface area contributed by atoms with Crippen LogP contribution in [0.2, 0.25) is 0 Å². The molecule has 150 valence electrons. The number of carbonyl (C=O) groups excluding carboxylic acids is 3. The topological polar surface area (TPSA) is 90.9 Å². The third-order valence-electron chi connectivity index (χ3n) is 3.82. The summed E-state index contributed by atoms with van der Waals surface area (Å²) < 4.78 is 15.3. The van der Waals surface area contributed by atoms with Crippen molar-refractivity contribution in [1.29, 1.82) is 0 Å². The van der Waals surface area contributed by atoms with Gasteiger partial charge < -0.3 is 19.5 Å². The maximum Gasteiger partial charge on any atom is 0.407 e. The number of amides is 1. The van der Waals surface area contributed by atoms with Gasteiger partial charge in [0.05, 0.1) is 13.2 Å². The molecular weight excluding hydrogens is 350 g/mol. The van der Waals surface area contributed by atoms with Crippen molar-refractivity contribution < 1.29 is 28.6 Å². The molecule has 0 spiro atoms. The standard InChI is InChI=1S/C20H29NO6/c1-5-25-20(24)21-18(14(2)3)19(23)26-13-9-12-17(22)27-15(4)16-10-7-6-8-11-16/h6-8,10-11,14-15,18H,5,9,12-13H2,1-4H3,(H,21,24)/t15?,18-/m0/s1. The van der Waals surface area contributed by atoms with Crippen molar-refractivity contribution in [2.45, 2.75) is 52.7 Å². The van der Waals surface area contributed by atoms with Crippen LogP contribution in [-0.4, -0.2) is 37.3 Å². The van der Waals surface area contributed by atoms with E-state index in [1.54, 1.807) is 20.8 Å². The van der Waals surface area contributed by atoms with E-state index in [-0.39, 0.29) is 37.6 Å². The molecule has 1 unspecified atom stereocenters. The predicted molar refractivity (Wildman–Crippen MR) is 99.9 cm³/mol. The summed E-state index contributed by atoms with van der Waals surface area (Å²) in [4.78, 5) is 35.5. The molecule has 1 N–H and O–H groups in total. The minimum Gasteiger partial charge on any atom is -0.464 e. The summed E-state index contributed by atoms with van der Waals surface area (Å²) in [6, 6.07) is 8.65. The van der Waals surface area contributed by atoms with Crippen LogP contribution in [0.3, 0.4) is 0 Å². The van der Waals surface area contributed by atoms with Crippen molar-refractivity contribution in [2.75, 3.05) is 13.2 Å². The molecule has 1 aromatic rings. The van der Waals surface area contributed by atoms with E-state index in [0.717, 1.165) is 5.56 Å². The van der Waals surface area contributed by atoms with Crippen molar-refractivity contribution in [2.24, 2.45) is 5.92 Å². The second-order valence-electron chi connectivity index (χ2n) is 6.40. The smallest absolute Gasteiger partial charge is 0.407 e. The molecule has 0 aliphatic carbocycles. The van der Waals surface area contributed by atoms with Crippen molar-refractivity contribution in [1.82, 2.24) is 5.32 Å². The molecule has 1 aromatic carbocycles. The van der Waals surface area contributed by atoms with Crippen LogP contribution in [0.4, 0.5) is 4.79 Å². The first-order chi connectivity index (χ1) is 12.8. The molecule has 0 radical (unpaired) electrons. The van der Waals surface area contributed by atoms with E-state index in [1.807, 2.05) is 37.3 Å². The van der Waals surface area contributed by atoms with Gasteiger partial charge >= 0.3 is 18.0 Å². The highest BCUT2D eigenvalue weighted by atomic mass is 16.6. The predicted octanol–water partition coefficient (Wildman–Crippen LogP) is 3.38. The summed E-state index contributed by atoms with van der Waals surface area (Å²) in [6.45, 7) is 7.36. The number of rotatable bonds is 10. The Balaban J connectivity index is 2.33. The number of esters is 2. The molecule has 0 saturated heterocycles. The zero-order valence-electron chi connectivity index (χ0n) is 16.4. The second-order valence-corrected chi connectivity index (χ2v) is 6.40. The summed E-state index contributed by atoms with van der Waals surface area (Å²) in [5.74, 6) is -1.06. The molecule has 0 aliphatic rings. The summed E-state index contributed by atoms with van der Waals surface area (Å²) >= 11 is 0. The van der Waals surface area contributed by atoms with E-state index in [9.17, 15) is 14.4 Å². The number of ether oxygens (including phenoxy) is 3. The fourth-order valence-electron chi connectivity index (χ4n) is 2.32. The third-order valence-corrected chi connectivity index (χ3v) is 3.82. The molecule has 0 heterocycles. The lowest BCUT2D eigenvalue weighted by atomic mass is 10.1. The van der Waals surface area contributed by atoms with Crippen LogP contribution in [0.5, 0.6) is 0 Å². The minimum absolute atomic E-state index is 0.0708. The van der Waals surface area contributed by atoms with Crippen LogP contribution in [-0.2, 0) is 23.8 Å². The molecule has 2 atom stereocenters. The number of carbonyl (C=O) groups is 3. The molecule has 0 fully saturated rings. The fourth-order valence-corrected chi connectivity index (χ4v) is 2.32. The fraction of sp³-hybridized carbons (Fsp3) is 0.550. The van der Waals surface area contributed by atoms with Gasteiger partial charge in [-0.05, 0) is 31.7 Å². The number of nitrogens with one attached hydrogen (secondary N) is 1. The van der Waals surface area contributed by atoms with E-state index >= 15 is 0 Å². The summed E-state index contributed by atoms with van der Waals surface area (Å²) in [5, 5.41) is 2.48. The SMILES string of the molecule is CCOC(=O)N[C@H](C(=O)OCCCC(=O)OC(C)c1ccccc1)C(C)C. The third kappa shape index (κ3) is 8.57. The van der Waals surface area contributed by atoms with Gasteiger partial charge in [-0.1, -0.05) is 44.2 Å². The van der Waals surface area contributed by atoms with Crippen LogP contribution >= 0.6 is 0 Å². The minimum atomic E-state index is -0.797. The Kier molecular flexibility index (Phi) is 9.93. The van der Waals surface area contributed by atoms with Gasteiger partial charge in [0.25, 0.3) is 0 Å². The summed E-state index contributed by atoms with van der Waals surface area (Å²) in [6.07, 6.45) is -0.509. The first kappa shape index (κ1) is 22.5. The molecule has 0 bridgehead atoms. The van der Waals surface area contributed by atoms with Gasteiger partial charge in [0, 0.05) is 6.42 Å². The quantitative estimate of drug-likeness (QED) is 0.381. The van der Waals surface area contributed by atoms with Crippen LogP contribution in [0, 0.1) is 5.92 Å². The zero-order chi connectivity index (χ0) is 20.2. The number of hydrogen-bond donors (Lipinski definition) is 1. The lowest BCUT2D eigenvalue weighted by Crippen LogP contribution is -2.45. The van der Waals surface area contributed by atoms with Crippen molar-refractivity contribution >= 4 is 18.0 Å². The van der Waals surface area contributed by atoms with E-state index < -0.39 is 18.1 Å². The average Bonchev–Trinajstić information content (AvgIpc) is 2.63. The van der Waals surface area contributed by atoms with Gasteiger partial charge in [-0.25, -0.2) is 9.59 Å². The van der Waals surface area contributed by atoms with Crippen LogP contribution in [0.1, 0.15) is 52.2 Å². The molecule has 1 rings (SSSR count). The van der Waals surface area contributed by atoms with Crippen LogP contribution < -0.4 is 5.32 Å². The van der Waals surface area contributed by atoms with Gasteiger partial charge in [0.2, 0.25) is 0 Å². The van der Waals surface area contributed by atoms with Crippen LogP contribution in [0.15, 0.2) is 30.3 Å². The average molecular weight is 379 g/mol. The Morgan fingerprint density at radius 2 is 1.70 bits per heavy atom. The molecule has 0 aliphatic heterocycles. The number of benzene rings is 1.